The summed E-state index contributed by atoms with van der Waals surface area (Å²) in [7, 11) is 0. The number of hydrogen-bond acceptors (Lipinski definition) is 3. The van der Waals surface area contributed by atoms with Gasteiger partial charge in [-0.25, -0.2) is 4.39 Å². The molecule has 1 heterocycles. The van der Waals surface area contributed by atoms with Gasteiger partial charge < -0.3 is 10.4 Å². The number of halogens is 1. The van der Waals surface area contributed by atoms with Gasteiger partial charge in [0, 0.05) is 4.88 Å². The van der Waals surface area contributed by atoms with Crippen LogP contribution in [0.1, 0.15) is 22.9 Å². The minimum absolute atomic E-state index is 0.0851. The number of hydrogen-bond donors (Lipinski definition) is 2. The van der Waals surface area contributed by atoms with E-state index in [9.17, 15) is 14.0 Å². The molecule has 1 aromatic heterocycles. The number of amides is 1. The second-order valence-corrected chi connectivity index (χ2v) is 5.52. The van der Waals surface area contributed by atoms with Gasteiger partial charge in [-0.05, 0) is 29.1 Å². The van der Waals surface area contributed by atoms with Crippen molar-refractivity contribution in [1.82, 2.24) is 5.32 Å². The van der Waals surface area contributed by atoms with E-state index in [1.54, 1.807) is 12.1 Å². The third kappa shape index (κ3) is 4.68. The molecule has 0 unspecified atom stereocenters. The first-order chi connectivity index (χ1) is 10.0. The van der Waals surface area contributed by atoms with Crippen molar-refractivity contribution in [1.29, 1.82) is 0 Å². The second kappa shape index (κ2) is 6.99. The molecule has 1 aromatic carbocycles. The normalized spacial score (nSPS) is 11.9. The van der Waals surface area contributed by atoms with Crippen LogP contribution in [0.25, 0.3) is 0 Å². The first-order valence-electron chi connectivity index (χ1n) is 6.33. The van der Waals surface area contributed by atoms with Crippen molar-refractivity contribution in [2.45, 2.75) is 18.9 Å². The summed E-state index contributed by atoms with van der Waals surface area (Å²) in [6, 6.07) is 8.69. The second-order valence-electron chi connectivity index (χ2n) is 4.54. The van der Waals surface area contributed by atoms with Crippen molar-refractivity contribution in [2.24, 2.45) is 0 Å². The Morgan fingerprint density at radius 2 is 1.95 bits per heavy atom. The van der Waals surface area contributed by atoms with Gasteiger partial charge in [-0.1, -0.05) is 18.2 Å². The number of nitrogens with one attached hydrogen (secondary N) is 1. The number of aliphatic carboxylic acids is 1. The van der Waals surface area contributed by atoms with E-state index in [1.807, 2.05) is 5.38 Å². The molecule has 1 amide bonds. The smallest absolute Gasteiger partial charge is 0.305 e. The highest BCUT2D eigenvalue weighted by Gasteiger charge is 2.19. The van der Waals surface area contributed by atoms with Crippen molar-refractivity contribution in [2.75, 3.05) is 0 Å². The van der Waals surface area contributed by atoms with Crippen molar-refractivity contribution >= 4 is 23.2 Å². The van der Waals surface area contributed by atoms with Gasteiger partial charge in [0.1, 0.15) is 5.82 Å². The van der Waals surface area contributed by atoms with Crippen LogP contribution in [0.5, 0.6) is 0 Å². The number of carbonyl (C=O) groups is 2. The molecule has 0 aliphatic heterocycles. The first kappa shape index (κ1) is 15.2. The summed E-state index contributed by atoms with van der Waals surface area (Å²) in [6.45, 7) is 0. The average molecular weight is 307 g/mol. The molecule has 21 heavy (non-hydrogen) atoms. The highest BCUT2D eigenvalue weighted by Crippen LogP contribution is 2.22. The molecule has 0 bridgehead atoms. The van der Waals surface area contributed by atoms with Crippen LogP contribution < -0.4 is 5.32 Å². The monoisotopic (exact) mass is 307 g/mol. The zero-order valence-electron chi connectivity index (χ0n) is 11.1. The van der Waals surface area contributed by atoms with Gasteiger partial charge in [0.25, 0.3) is 0 Å². The highest BCUT2D eigenvalue weighted by molar-refractivity contribution is 7.10. The van der Waals surface area contributed by atoms with Crippen molar-refractivity contribution in [3.63, 3.8) is 0 Å². The Bertz CT molecular complexity index is 610. The molecular weight excluding hydrogens is 293 g/mol. The molecule has 0 saturated carbocycles. The molecule has 0 fully saturated rings. The predicted octanol–water partition coefficient (Wildman–Crippen LogP) is 2.76. The van der Waals surface area contributed by atoms with Gasteiger partial charge in [0.2, 0.25) is 5.91 Å². The maximum Gasteiger partial charge on any atom is 0.305 e. The molecule has 110 valence electrons. The molecule has 6 heteroatoms. The van der Waals surface area contributed by atoms with Gasteiger partial charge in [0.15, 0.2) is 0 Å². The summed E-state index contributed by atoms with van der Waals surface area (Å²) in [5.74, 6) is -1.63. The van der Waals surface area contributed by atoms with E-state index in [1.165, 1.54) is 35.6 Å². The Labute approximate surface area is 125 Å². The summed E-state index contributed by atoms with van der Waals surface area (Å²) >= 11 is 1.40. The van der Waals surface area contributed by atoms with Crippen LogP contribution in [-0.2, 0) is 16.0 Å². The van der Waals surface area contributed by atoms with E-state index in [0.29, 0.717) is 5.56 Å². The average Bonchev–Trinajstić information content (AvgIpc) is 2.94. The lowest BCUT2D eigenvalue weighted by Gasteiger charge is -2.15. The number of rotatable bonds is 6. The Morgan fingerprint density at radius 3 is 2.52 bits per heavy atom. The van der Waals surface area contributed by atoms with Crippen LogP contribution >= 0.6 is 11.3 Å². The van der Waals surface area contributed by atoms with Crippen molar-refractivity contribution in [3.05, 3.63) is 58.0 Å². The zero-order valence-corrected chi connectivity index (χ0v) is 11.9. The lowest BCUT2D eigenvalue weighted by atomic mass is 10.1. The van der Waals surface area contributed by atoms with Crippen molar-refractivity contribution in [3.8, 4) is 0 Å². The minimum Gasteiger partial charge on any atom is -0.481 e. The molecular formula is C15H14FNO3S. The van der Waals surface area contributed by atoms with E-state index >= 15 is 0 Å². The van der Waals surface area contributed by atoms with Crippen LogP contribution in [0.4, 0.5) is 4.39 Å². The summed E-state index contributed by atoms with van der Waals surface area (Å²) in [6.07, 6.45) is -0.0859. The van der Waals surface area contributed by atoms with Gasteiger partial charge in [-0.2, -0.15) is 0 Å². The predicted molar refractivity (Wildman–Crippen MR) is 77.6 cm³/mol. The first-order valence-corrected chi connectivity index (χ1v) is 7.21. The molecule has 0 radical (unpaired) electrons. The molecule has 4 nitrogen and oxygen atoms in total. The molecule has 0 aliphatic carbocycles. The molecule has 1 atom stereocenters. The minimum atomic E-state index is -0.976. The van der Waals surface area contributed by atoms with Crippen LogP contribution in [0.2, 0.25) is 0 Å². The Morgan fingerprint density at radius 1 is 1.24 bits per heavy atom. The molecule has 2 N–H and O–H groups in total. The van der Waals surface area contributed by atoms with Crippen LogP contribution in [0.3, 0.4) is 0 Å². The van der Waals surface area contributed by atoms with Crippen LogP contribution in [0, 0.1) is 5.82 Å². The van der Waals surface area contributed by atoms with Crippen LogP contribution in [0.15, 0.2) is 41.8 Å². The number of thiophene rings is 1. The van der Waals surface area contributed by atoms with Gasteiger partial charge in [0.05, 0.1) is 18.9 Å². The summed E-state index contributed by atoms with van der Waals surface area (Å²) in [5.41, 5.74) is 0.675. The summed E-state index contributed by atoms with van der Waals surface area (Å²) in [4.78, 5) is 23.7. The molecule has 0 aliphatic rings. The zero-order chi connectivity index (χ0) is 15.2. The summed E-state index contributed by atoms with van der Waals surface area (Å²) in [5, 5.41) is 13.5. The molecule has 2 aromatic rings. The van der Waals surface area contributed by atoms with Crippen LogP contribution in [-0.4, -0.2) is 17.0 Å². The Hall–Kier alpha value is -2.21. The number of benzene rings is 1. The highest BCUT2D eigenvalue weighted by atomic mass is 32.1. The van der Waals surface area contributed by atoms with Crippen molar-refractivity contribution < 1.29 is 19.1 Å². The standard InChI is InChI=1S/C15H14FNO3S/c16-11-5-3-10(4-6-11)8-14(18)17-12(9-15(19)20)13-2-1-7-21-13/h1-7,12H,8-9H2,(H,17,18)(H,19,20)/t12-/m1/s1. The lowest BCUT2D eigenvalue weighted by Crippen LogP contribution is -2.30. The van der Waals surface area contributed by atoms with Gasteiger partial charge >= 0.3 is 5.97 Å². The largest absolute Gasteiger partial charge is 0.481 e. The number of carboxylic acids is 1. The summed E-state index contributed by atoms with van der Waals surface area (Å²) < 4.78 is 12.8. The molecule has 0 spiro atoms. The molecule has 0 saturated heterocycles. The fraction of sp³-hybridized carbons (Fsp3) is 0.200. The van der Waals surface area contributed by atoms with E-state index in [0.717, 1.165) is 4.88 Å². The number of carbonyl (C=O) groups excluding carboxylic acids is 1. The molecule has 2 rings (SSSR count). The Kier molecular flexibility index (Phi) is 5.05. The quantitative estimate of drug-likeness (QED) is 0.862. The third-order valence-electron chi connectivity index (χ3n) is 2.88. The maximum absolute atomic E-state index is 12.8. The Balaban J connectivity index is 2.01. The fourth-order valence-corrected chi connectivity index (χ4v) is 2.70. The third-order valence-corrected chi connectivity index (χ3v) is 3.86. The maximum atomic E-state index is 12.8. The van der Waals surface area contributed by atoms with E-state index in [-0.39, 0.29) is 24.6 Å². The van der Waals surface area contributed by atoms with E-state index < -0.39 is 12.0 Å². The number of carboxylic acid groups (broad SMARTS) is 1. The van der Waals surface area contributed by atoms with E-state index in [4.69, 9.17) is 5.11 Å². The van der Waals surface area contributed by atoms with Gasteiger partial charge in [-0.15, -0.1) is 11.3 Å². The van der Waals surface area contributed by atoms with E-state index in [2.05, 4.69) is 5.32 Å². The lowest BCUT2D eigenvalue weighted by molar-refractivity contribution is -0.137. The fourth-order valence-electron chi connectivity index (χ4n) is 1.92. The SMILES string of the molecule is O=C(O)C[C@@H](NC(=O)Cc1ccc(F)cc1)c1cccs1. The van der Waals surface area contributed by atoms with Gasteiger partial charge in [-0.3, -0.25) is 9.59 Å². The topological polar surface area (TPSA) is 66.4 Å².